The van der Waals surface area contributed by atoms with Gasteiger partial charge in [0.2, 0.25) is 10.0 Å². The molecule has 1 aliphatic heterocycles. The molecule has 0 aromatic carbocycles. The van der Waals surface area contributed by atoms with E-state index in [1.807, 2.05) is 12.4 Å². The summed E-state index contributed by atoms with van der Waals surface area (Å²) in [6, 6.07) is 0. The zero-order valence-corrected chi connectivity index (χ0v) is 13.1. The van der Waals surface area contributed by atoms with Crippen molar-refractivity contribution in [3.8, 4) is 0 Å². The molecule has 1 saturated heterocycles. The Balaban J connectivity index is 1.90. The minimum Gasteiger partial charge on any atom is -0.326 e. The van der Waals surface area contributed by atoms with Gasteiger partial charge in [-0.2, -0.15) is 0 Å². The van der Waals surface area contributed by atoms with Gasteiger partial charge in [0.15, 0.2) is 5.16 Å². The van der Waals surface area contributed by atoms with Crippen molar-refractivity contribution in [3.05, 3.63) is 12.4 Å². The molecule has 7 heteroatoms. The van der Waals surface area contributed by atoms with E-state index in [0.717, 1.165) is 30.3 Å². The van der Waals surface area contributed by atoms with Gasteiger partial charge in [0, 0.05) is 37.8 Å². The molecule has 0 unspecified atom stereocenters. The van der Waals surface area contributed by atoms with Crippen LogP contribution in [0.5, 0.6) is 0 Å². The maximum absolute atomic E-state index is 11.6. The van der Waals surface area contributed by atoms with Crippen molar-refractivity contribution in [2.45, 2.75) is 31.5 Å². The quantitative estimate of drug-likeness (QED) is 0.776. The van der Waals surface area contributed by atoms with E-state index in [0.29, 0.717) is 19.0 Å². The van der Waals surface area contributed by atoms with E-state index >= 15 is 0 Å². The Labute approximate surface area is 119 Å². The molecule has 0 spiro atoms. The Morgan fingerprint density at radius 2 is 2.32 bits per heavy atom. The second kappa shape index (κ2) is 6.28. The van der Waals surface area contributed by atoms with Crippen molar-refractivity contribution in [1.29, 1.82) is 0 Å². The Morgan fingerprint density at radius 1 is 1.53 bits per heavy atom. The lowest BCUT2D eigenvalue weighted by Gasteiger charge is -2.30. The molecule has 1 aromatic heterocycles. The number of imidazole rings is 1. The summed E-state index contributed by atoms with van der Waals surface area (Å²) in [5.41, 5.74) is 0. The number of piperidine rings is 1. The molecule has 0 aliphatic carbocycles. The third-order valence-corrected chi connectivity index (χ3v) is 5.92. The summed E-state index contributed by atoms with van der Waals surface area (Å²) in [5, 5.41) is 1.03. The normalized spacial score (nSPS) is 21.7. The maximum Gasteiger partial charge on any atom is 0.211 e. The second-order valence-corrected chi connectivity index (χ2v) is 7.91. The van der Waals surface area contributed by atoms with Crippen LogP contribution in [0.25, 0.3) is 0 Å². The van der Waals surface area contributed by atoms with Gasteiger partial charge < -0.3 is 4.57 Å². The molecule has 0 N–H and O–H groups in total. The number of aryl methyl sites for hydroxylation is 1. The zero-order valence-electron chi connectivity index (χ0n) is 11.4. The number of aromatic nitrogens is 2. The fraction of sp³-hybridized carbons (Fsp3) is 0.750. The highest BCUT2D eigenvalue weighted by Crippen LogP contribution is 2.25. The number of rotatable bonds is 5. The number of hydrogen-bond donors (Lipinski definition) is 0. The topological polar surface area (TPSA) is 55.2 Å². The molecule has 1 aliphatic rings. The number of hydrogen-bond acceptors (Lipinski definition) is 4. The third kappa shape index (κ3) is 3.97. The fourth-order valence-corrected chi connectivity index (χ4v) is 4.42. The molecule has 1 fully saturated rings. The van der Waals surface area contributed by atoms with E-state index in [1.54, 1.807) is 16.1 Å². The molecule has 0 amide bonds. The Kier molecular flexibility index (Phi) is 4.92. The Morgan fingerprint density at radius 3 is 3.00 bits per heavy atom. The minimum atomic E-state index is -3.04. The summed E-state index contributed by atoms with van der Waals surface area (Å²) in [4.78, 5) is 4.33. The van der Waals surface area contributed by atoms with E-state index in [2.05, 4.69) is 16.5 Å². The first-order valence-corrected chi connectivity index (χ1v) is 9.43. The number of thioether (sulfide) groups is 1. The SMILES string of the molecule is CCn1ccnc1SC[C@@H]1CCCN(S(C)(=O)=O)C1. The van der Waals surface area contributed by atoms with Crippen molar-refractivity contribution in [1.82, 2.24) is 13.9 Å². The fourth-order valence-electron chi connectivity index (χ4n) is 2.33. The van der Waals surface area contributed by atoms with Crippen LogP contribution >= 0.6 is 11.8 Å². The van der Waals surface area contributed by atoms with Crippen LogP contribution in [0.3, 0.4) is 0 Å². The van der Waals surface area contributed by atoms with E-state index < -0.39 is 10.0 Å². The van der Waals surface area contributed by atoms with E-state index in [-0.39, 0.29) is 0 Å². The van der Waals surface area contributed by atoms with Gasteiger partial charge in [-0.05, 0) is 25.7 Å². The van der Waals surface area contributed by atoms with Gasteiger partial charge in [-0.3, -0.25) is 0 Å². The summed E-state index contributed by atoms with van der Waals surface area (Å²) in [5.74, 6) is 1.36. The average Bonchev–Trinajstić information content (AvgIpc) is 2.83. The van der Waals surface area contributed by atoms with Gasteiger partial charge in [-0.1, -0.05) is 11.8 Å². The summed E-state index contributed by atoms with van der Waals surface area (Å²) in [6.07, 6.45) is 7.15. The van der Waals surface area contributed by atoms with Crippen LogP contribution in [-0.4, -0.2) is 47.4 Å². The molecule has 5 nitrogen and oxygen atoms in total. The van der Waals surface area contributed by atoms with Crippen molar-refractivity contribution in [2.75, 3.05) is 25.1 Å². The van der Waals surface area contributed by atoms with E-state index in [1.165, 1.54) is 6.26 Å². The molecule has 2 heterocycles. The summed E-state index contributed by atoms with van der Waals surface area (Å²) in [7, 11) is -3.04. The van der Waals surface area contributed by atoms with Crippen LogP contribution in [0, 0.1) is 5.92 Å². The Bertz CT molecular complexity index is 513. The van der Waals surface area contributed by atoms with Crippen LogP contribution in [0.2, 0.25) is 0 Å². The smallest absolute Gasteiger partial charge is 0.211 e. The van der Waals surface area contributed by atoms with Gasteiger partial charge >= 0.3 is 0 Å². The highest BCUT2D eigenvalue weighted by Gasteiger charge is 2.26. The molecule has 0 bridgehead atoms. The number of sulfonamides is 1. The van der Waals surface area contributed by atoms with Gasteiger partial charge in [0.05, 0.1) is 6.26 Å². The van der Waals surface area contributed by atoms with Crippen molar-refractivity contribution in [3.63, 3.8) is 0 Å². The van der Waals surface area contributed by atoms with Crippen molar-refractivity contribution < 1.29 is 8.42 Å². The monoisotopic (exact) mass is 303 g/mol. The summed E-state index contributed by atoms with van der Waals surface area (Å²) < 4.78 is 26.9. The standard InChI is InChI=1S/C12H21N3O2S2/c1-3-14-8-6-13-12(14)18-10-11-5-4-7-15(9-11)19(2,16)17/h6,8,11H,3-5,7,9-10H2,1-2H3/t11-/m1/s1. The van der Waals surface area contributed by atoms with Gasteiger partial charge in [-0.25, -0.2) is 17.7 Å². The van der Waals surface area contributed by atoms with Crippen LogP contribution in [0.1, 0.15) is 19.8 Å². The van der Waals surface area contributed by atoms with Crippen LogP contribution in [0.4, 0.5) is 0 Å². The molecule has 108 valence electrons. The lowest BCUT2D eigenvalue weighted by molar-refractivity contribution is 0.286. The average molecular weight is 303 g/mol. The lowest BCUT2D eigenvalue weighted by atomic mass is 10.0. The van der Waals surface area contributed by atoms with Gasteiger partial charge in [0.1, 0.15) is 0 Å². The summed E-state index contributed by atoms with van der Waals surface area (Å²) in [6.45, 7) is 4.34. The predicted octanol–water partition coefficient (Wildman–Crippen LogP) is 1.67. The first kappa shape index (κ1) is 14.9. The lowest BCUT2D eigenvalue weighted by Crippen LogP contribution is -2.39. The van der Waals surface area contributed by atoms with E-state index in [9.17, 15) is 8.42 Å². The molecular formula is C12H21N3O2S2. The van der Waals surface area contributed by atoms with Gasteiger partial charge in [0.25, 0.3) is 0 Å². The first-order chi connectivity index (χ1) is 9.00. The van der Waals surface area contributed by atoms with Crippen LogP contribution in [-0.2, 0) is 16.6 Å². The molecular weight excluding hydrogens is 282 g/mol. The highest BCUT2D eigenvalue weighted by atomic mass is 32.2. The second-order valence-electron chi connectivity index (χ2n) is 4.94. The largest absolute Gasteiger partial charge is 0.326 e. The maximum atomic E-state index is 11.6. The van der Waals surface area contributed by atoms with Crippen LogP contribution in [0.15, 0.2) is 17.6 Å². The molecule has 19 heavy (non-hydrogen) atoms. The molecule has 2 rings (SSSR count). The molecule has 1 atom stereocenters. The first-order valence-electron chi connectivity index (χ1n) is 6.59. The number of nitrogens with zero attached hydrogens (tertiary/aromatic N) is 3. The molecule has 0 radical (unpaired) electrons. The predicted molar refractivity (Wildman–Crippen MR) is 77.8 cm³/mol. The van der Waals surface area contributed by atoms with Crippen molar-refractivity contribution >= 4 is 21.8 Å². The Hall–Kier alpha value is -0.530. The molecule has 0 saturated carbocycles. The highest BCUT2D eigenvalue weighted by molar-refractivity contribution is 7.99. The van der Waals surface area contributed by atoms with Gasteiger partial charge in [-0.15, -0.1) is 0 Å². The molecule has 1 aromatic rings. The summed E-state index contributed by atoms with van der Waals surface area (Å²) >= 11 is 1.73. The minimum absolute atomic E-state index is 0.426. The van der Waals surface area contributed by atoms with Crippen LogP contribution < -0.4 is 0 Å². The van der Waals surface area contributed by atoms with Crippen molar-refractivity contribution in [2.24, 2.45) is 5.92 Å². The van der Waals surface area contributed by atoms with E-state index in [4.69, 9.17) is 0 Å². The third-order valence-electron chi connectivity index (χ3n) is 3.42. The zero-order chi connectivity index (χ0) is 13.9.